The van der Waals surface area contributed by atoms with Crippen LogP contribution in [-0.2, 0) is 7.05 Å². The van der Waals surface area contributed by atoms with Crippen LogP contribution in [0.3, 0.4) is 0 Å². The van der Waals surface area contributed by atoms with Gasteiger partial charge in [0.05, 0.1) is 5.69 Å². The molecule has 0 aliphatic rings. The maximum absolute atomic E-state index is 4.52. The van der Waals surface area contributed by atoms with E-state index < -0.39 is 0 Å². The minimum Gasteiger partial charge on any atom is -0.329 e. The second-order valence-corrected chi connectivity index (χ2v) is 5.56. The standard InChI is InChI=1S/C14H20N4S/c1-4-7-15-11(2)13-6-5-12(10-17-13)19-14-16-8-9-18(14)3/h5-6,8-11,15H,4,7H2,1-3H3. The molecule has 0 amide bonds. The van der Waals surface area contributed by atoms with Crippen LogP contribution < -0.4 is 5.32 Å². The third kappa shape index (κ3) is 3.81. The Morgan fingerprint density at radius 1 is 1.37 bits per heavy atom. The summed E-state index contributed by atoms with van der Waals surface area (Å²) in [4.78, 5) is 9.93. The van der Waals surface area contributed by atoms with Gasteiger partial charge in [0.15, 0.2) is 5.16 Å². The predicted octanol–water partition coefficient (Wildman–Crippen LogP) is 3.03. The minimum atomic E-state index is 0.298. The molecule has 0 aliphatic heterocycles. The molecule has 5 heteroatoms. The lowest BCUT2D eigenvalue weighted by Crippen LogP contribution is -2.20. The number of nitrogens with one attached hydrogen (secondary N) is 1. The molecule has 2 aromatic heterocycles. The van der Waals surface area contributed by atoms with Crippen LogP contribution in [0.5, 0.6) is 0 Å². The Morgan fingerprint density at radius 2 is 2.21 bits per heavy atom. The number of hydrogen-bond acceptors (Lipinski definition) is 4. The van der Waals surface area contributed by atoms with Gasteiger partial charge in [-0.1, -0.05) is 18.7 Å². The predicted molar refractivity (Wildman–Crippen MR) is 78.3 cm³/mol. The highest BCUT2D eigenvalue weighted by Gasteiger charge is 2.07. The molecule has 0 radical (unpaired) electrons. The van der Waals surface area contributed by atoms with Crippen molar-refractivity contribution in [3.63, 3.8) is 0 Å². The van der Waals surface area contributed by atoms with Crippen molar-refractivity contribution < 1.29 is 0 Å². The first kappa shape index (κ1) is 14.1. The Bertz CT molecular complexity index is 506. The summed E-state index contributed by atoms with van der Waals surface area (Å²) in [5.41, 5.74) is 1.08. The first-order valence-electron chi connectivity index (χ1n) is 6.55. The molecule has 1 N–H and O–H groups in total. The molecule has 0 fully saturated rings. The molecule has 2 aromatic rings. The fourth-order valence-electron chi connectivity index (χ4n) is 1.73. The SMILES string of the molecule is CCCNC(C)c1ccc(Sc2nccn2C)cn1. The van der Waals surface area contributed by atoms with Crippen LogP contribution >= 0.6 is 11.8 Å². The highest BCUT2D eigenvalue weighted by molar-refractivity contribution is 7.99. The van der Waals surface area contributed by atoms with Crippen LogP contribution in [0, 0.1) is 0 Å². The average Bonchev–Trinajstić information content (AvgIpc) is 2.82. The maximum Gasteiger partial charge on any atom is 0.172 e. The number of aromatic nitrogens is 3. The molecule has 1 unspecified atom stereocenters. The molecule has 0 aliphatic carbocycles. The van der Waals surface area contributed by atoms with E-state index in [1.54, 1.807) is 18.0 Å². The van der Waals surface area contributed by atoms with E-state index in [0.717, 1.165) is 28.7 Å². The van der Waals surface area contributed by atoms with Crippen molar-refractivity contribution in [2.75, 3.05) is 6.54 Å². The first-order chi connectivity index (χ1) is 9.20. The summed E-state index contributed by atoms with van der Waals surface area (Å²) in [6.45, 7) is 5.33. The molecule has 0 spiro atoms. The van der Waals surface area contributed by atoms with Crippen LogP contribution in [0.15, 0.2) is 40.8 Å². The largest absolute Gasteiger partial charge is 0.329 e. The molecule has 4 nitrogen and oxygen atoms in total. The van der Waals surface area contributed by atoms with Crippen molar-refractivity contribution in [3.05, 3.63) is 36.4 Å². The van der Waals surface area contributed by atoms with E-state index >= 15 is 0 Å². The third-order valence-electron chi connectivity index (χ3n) is 2.89. The van der Waals surface area contributed by atoms with Crippen molar-refractivity contribution in [1.29, 1.82) is 0 Å². The van der Waals surface area contributed by atoms with Crippen molar-refractivity contribution in [2.24, 2.45) is 7.05 Å². The number of aryl methyl sites for hydroxylation is 1. The minimum absolute atomic E-state index is 0.298. The van der Waals surface area contributed by atoms with Gasteiger partial charge < -0.3 is 9.88 Å². The zero-order chi connectivity index (χ0) is 13.7. The van der Waals surface area contributed by atoms with Gasteiger partial charge in [-0.15, -0.1) is 0 Å². The lowest BCUT2D eigenvalue weighted by atomic mass is 10.2. The van der Waals surface area contributed by atoms with Crippen molar-refractivity contribution in [2.45, 2.75) is 36.4 Å². The summed E-state index contributed by atoms with van der Waals surface area (Å²) in [5, 5.41) is 4.42. The summed E-state index contributed by atoms with van der Waals surface area (Å²) in [5.74, 6) is 0. The van der Waals surface area contributed by atoms with Gasteiger partial charge >= 0.3 is 0 Å². The van der Waals surface area contributed by atoms with Gasteiger partial charge in [-0.25, -0.2) is 4.98 Å². The number of nitrogens with zero attached hydrogens (tertiary/aromatic N) is 3. The lowest BCUT2D eigenvalue weighted by molar-refractivity contribution is 0.558. The summed E-state index contributed by atoms with van der Waals surface area (Å²) in [6, 6.07) is 4.48. The van der Waals surface area contributed by atoms with E-state index in [1.807, 2.05) is 24.0 Å². The normalized spacial score (nSPS) is 12.6. The van der Waals surface area contributed by atoms with Crippen molar-refractivity contribution in [1.82, 2.24) is 19.9 Å². The van der Waals surface area contributed by atoms with Crippen LogP contribution in [0.1, 0.15) is 32.0 Å². The Balaban J connectivity index is 2.00. The Labute approximate surface area is 118 Å². The lowest BCUT2D eigenvalue weighted by Gasteiger charge is -2.12. The highest BCUT2D eigenvalue weighted by Crippen LogP contribution is 2.25. The molecule has 1 atom stereocenters. The second-order valence-electron chi connectivity index (χ2n) is 4.52. The Kier molecular flexibility index (Phi) is 4.99. The summed E-state index contributed by atoms with van der Waals surface area (Å²) in [7, 11) is 1.99. The van der Waals surface area contributed by atoms with Crippen LogP contribution in [-0.4, -0.2) is 21.1 Å². The molecule has 19 heavy (non-hydrogen) atoms. The van der Waals surface area contributed by atoms with Gasteiger partial charge in [0.1, 0.15) is 0 Å². The highest BCUT2D eigenvalue weighted by atomic mass is 32.2. The van der Waals surface area contributed by atoms with Gasteiger partial charge in [0.2, 0.25) is 0 Å². The second kappa shape index (κ2) is 6.73. The quantitative estimate of drug-likeness (QED) is 0.880. The van der Waals surface area contributed by atoms with Crippen LogP contribution in [0.25, 0.3) is 0 Å². The number of rotatable bonds is 6. The molecule has 0 aromatic carbocycles. The summed E-state index contributed by atoms with van der Waals surface area (Å²) in [6.07, 6.45) is 6.80. The monoisotopic (exact) mass is 276 g/mol. The van der Waals surface area contributed by atoms with Gasteiger partial charge in [-0.2, -0.15) is 0 Å². The van der Waals surface area contributed by atoms with Gasteiger partial charge in [-0.3, -0.25) is 4.98 Å². The number of pyridine rings is 1. The Hall–Kier alpha value is -1.33. The Morgan fingerprint density at radius 3 is 2.79 bits per heavy atom. The fraction of sp³-hybridized carbons (Fsp3) is 0.429. The third-order valence-corrected chi connectivity index (χ3v) is 3.94. The smallest absolute Gasteiger partial charge is 0.172 e. The molecule has 0 saturated heterocycles. The van der Waals surface area contributed by atoms with Gasteiger partial charge in [0.25, 0.3) is 0 Å². The van der Waals surface area contributed by atoms with Gasteiger partial charge in [-0.05, 0) is 32.0 Å². The van der Waals surface area contributed by atoms with Crippen LogP contribution in [0.4, 0.5) is 0 Å². The van der Waals surface area contributed by atoms with E-state index in [9.17, 15) is 0 Å². The molecular weight excluding hydrogens is 256 g/mol. The molecule has 102 valence electrons. The number of imidazole rings is 1. The zero-order valence-electron chi connectivity index (χ0n) is 11.6. The summed E-state index contributed by atoms with van der Waals surface area (Å²) < 4.78 is 2.00. The van der Waals surface area contributed by atoms with E-state index in [4.69, 9.17) is 0 Å². The summed E-state index contributed by atoms with van der Waals surface area (Å²) >= 11 is 1.63. The zero-order valence-corrected chi connectivity index (χ0v) is 12.4. The molecular formula is C14H20N4S. The van der Waals surface area contributed by atoms with Crippen molar-refractivity contribution >= 4 is 11.8 Å². The average molecular weight is 276 g/mol. The van der Waals surface area contributed by atoms with E-state index in [0.29, 0.717) is 6.04 Å². The molecule has 0 saturated carbocycles. The molecule has 0 bridgehead atoms. The van der Waals surface area contributed by atoms with E-state index in [-0.39, 0.29) is 0 Å². The van der Waals surface area contributed by atoms with Crippen LogP contribution in [0.2, 0.25) is 0 Å². The fourth-order valence-corrected chi connectivity index (χ4v) is 2.50. The molecule has 2 rings (SSSR count). The topological polar surface area (TPSA) is 42.7 Å². The molecule has 2 heterocycles. The van der Waals surface area contributed by atoms with Crippen molar-refractivity contribution in [3.8, 4) is 0 Å². The first-order valence-corrected chi connectivity index (χ1v) is 7.37. The van der Waals surface area contributed by atoms with Gasteiger partial charge in [0, 0.05) is 36.6 Å². The maximum atomic E-state index is 4.52. The van der Waals surface area contributed by atoms with E-state index in [2.05, 4.69) is 41.3 Å². The van der Waals surface area contributed by atoms with E-state index in [1.165, 1.54) is 0 Å². The number of hydrogen-bond donors (Lipinski definition) is 1.